The second-order valence-corrected chi connectivity index (χ2v) is 1.18. The van der Waals surface area contributed by atoms with Crippen LogP contribution >= 0.6 is 12.6 Å². The average Bonchev–Trinajstić information content (AvgIpc) is 1.65. The maximum Gasteiger partial charge on any atom is 0.136 e. The highest BCUT2D eigenvalue weighted by Crippen LogP contribution is 1.84. The Morgan fingerprint density at radius 3 is 1.67 bits per heavy atom. The molecule has 0 unspecified atom stereocenters. The monoisotopic (exact) mass is 95.0 g/mol. The zero-order valence-corrected chi connectivity index (χ0v) is 3.96. The van der Waals surface area contributed by atoms with Gasteiger partial charge in [-0.3, -0.25) is 0 Å². The Labute approximate surface area is 43.4 Å². The SMILES string of the molecule is C#CC([S])C#C. The maximum atomic E-state index is 4.79. The lowest BCUT2D eigenvalue weighted by molar-refractivity contribution is 1.62. The van der Waals surface area contributed by atoms with E-state index in [-0.39, 0.29) is 0 Å². The van der Waals surface area contributed by atoms with E-state index in [4.69, 9.17) is 12.8 Å². The third kappa shape index (κ3) is 1.76. The quantitative estimate of drug-likeness (QED) is 0.391. The molecule has 0 aromatic carbocycles. The molecule has 1 radical (unpaired) electrons. The van der Waals surface area contributed by atoms with Gasteiger partial charge in [0.2, 0.25) is 0 Å². The lowest BCUT2D eigenvalue weighted by atomic mass is 10.5. The van der Waals surface area contributed by atoms with Gasteiger partial charge in [0.05, 0.1) is 0 Å². The summed E-state index contributed by atoms with van der Waals surface area (Å²) in [6.45, 7) is 0. The Morgan fingerprint density at radius 2 is 1.67 bits per heavy atom. The standard InChI is InChI=1S/C5H3S/c1-3-5(6)4-2/h1-2,5H. The minimum absolute atomic E-state index is 0.426. The van der Waals surface area contributed by atoms with Crippen LogP contribution in [-0.2, 0) is 0 Å². The van der Waals surface area contributed by atoms with E-state index < -0.39 is 5.25 Å². The molecule has 0 amide bonds. The van der Waals surface area contributed by atoms with Crippen molar-refractivity contribution in [2.75, 3.05) is 0 Å². The summed E-state index contributed by atoms with van der Waals surface area (Å²) in [5.74, 6) is 4.39. The van der Waals surface area contributed by atoms with Gasteiger partial charge >= 0.3 is 0 Å². The highest BCUT2D eigenvalue weighted by Gasteiger charge is 1.82. The summed E-state index contributed by atoms with van der Waals surface area (Å²) in [4.78, 5) is 0. The third-order valence-electron chi connectivity index (χ3n) is 0.303. The molecule has 0 aliphatic rings. The average molecular weight is 95.1 g/mol. The Hall–Kier alpha value is -0.530. The molecule has 0 bridgehead atoms. The van der Waals surface area contributed by atoms with Gasteiger partial charge in [-0.1, -0.05) is 24.5 Å². The second-order valence-electron chi connectivity index (χ2n) is 0.713. The second kappa shape index (κ2) is 2.69. The molecule has 0 spiro atoms. The Kier molecular flexibility index (Phi) is 2.46. The van der Waals surface area contributed by atoms with E-state index in [1.165, 1.54) is 0 Å². The van der Waals surface area contributed by atoms with Crippen LogP contribution in [0.4, 0.5) is 0 Å². The van der Waals surface area contributed by atoms with Crippen LogP contribution in [0.3, 0.4) is 0 Å². The van der Waals surface area contributed by atoms with Gasteiger partial charge in [-0.25, -0.2) is 0 Å². The molecule has 0 heterocycles. The molecular weight excluding hydrogens is 92.1 g/mol. The van der Waals surface area contributed by atoms with E-state index in [1.807, 2.05) is 0 Å². The van der Waals surface area contributed by atoms with Gasteiger partial charge < -0.3 is 0 Å². The van der Waals surface area contributed by atoms with Crippen LogP contribution < -0.4 is 0 Å². The molecule has 0 aromatic heterocycles. The first-order valence-electron chi connectivity index (χ1n) is 1.39. The van der Waals surface area contributed by atoms with Crippen LogP contribution in [0, 0.1) is 24.7 Å². The van der Waals surface area contributed by atoms with Crippen LogP contribution in [0.1, 0.15) is 0 Å². The zero-order chi connectivity index (χ0) is 4.99. The molecule has 0 saturated carbocycles. The summed E-state index contributed by atoms with van der Waals surface area (Å²) in [5.41, 5.74) is 0. The molecule has 0 atom stereocenters. The lowest BCUT2D eigenvalue weighted by Crippen LogP contribution is -1.82. The summed E-state index contributed by atoms with van der Waals surface area (Å²) in [6, 6.07) is 0. The van der Waals surface area contributed by atoms with Gasteiger partial charge in [0, 0.05) is 0 Å². The van der Waals surface area contributed by atoms with Gasteiger partial charge in [-0.05, 0) is 0 Å². The Bertz CT molecular complexity index is 88.1. The predicted molar refractivity (Wildman–Crippen MR) is 29.0 cm³/mol. The third-order valence-corrected chi connectivity index (χ3v) is 0.575. The van der Waals surface area contributed by atoms with Crippen LogP contribution in [0.2, 0.25) is 0 Å². The van der Waals surface area contributed by atoms with E-state index in [1.54, 1.807) is 0 Å². The van der Waals surface area contributed by atoms with E-state index in [9.17, 15) is 0 Å². The van der Waals surface area contributed by atoms with Crippen molar-refractivity contribution >= 4 is 12.6 Å². The Balaban J connectivity index is 3.40. The topological polar surface area (TPSA) is 0 Å². The first-order chi connectivity index (χ1) is 2.81. The molecule has 0 aromatic rings. The number of rotatable bonds is 0. The molecule has 6 heavy (non-hydrogen) atoms. The largest absolute Gasteiger partial charge is 0.136 e. The van der Waals surface area contributed by atoms with Crippen LogP contribution in [0.25, 0.3) is 0 Å². The van der Waals surface area contributed by atoms with E-state index in [0.717, 1.165) is 0 Å². The molecule has 1 heteroatoms. The van der Waals surface area contributed by atoms with Gasteiger partial charge in [0.15, 0.2) is 0 Å². The Morgan fingerprint density at radius 1 is 1.33 bits per heavy atom. The summed E-state index contributed by atoms with van der Waals surface area (Å²) in [7, 11) is 0. The van der Waals surface area contributed by atoms with E-state index >= 15 is 0 Å². The van der Waals surface area contributed by atoms with Crippen LogP contribution in [0.5, 0.6) is 0 Å². The van der Waals surface area contributed by atoms with E-state index in [0.29, 0.717) is 0 Å². The molecule has 0 aliphatic heterocycles. The summed E-state index contributed by atoms with van der Waals surface area (Å²) in [5, 5.41) is -0.426. The highest BCUT2D eigenvalue weighted by molar-refractivity contribution is 7.81. The highest BCUT2D eigenvalue weighted by atomic mass is 32.1. The van der Waals surface area contributed by atoms with Crippen molar-refractivity contribution in [2.24, 2.45) is 0 Å². The van der Waals surface area contributed by atoms with Gasteiger partial charge in [0.1, 0.15) is 5.25 Å². The molecule has 0 saturated heterocycles. The van der Waals surface area contributed by atoms with Gasteiger partial charge in [-0.2, -0.15) is 0 Å². The van der Waals surface area contributed by atoms with Crippen LogP contribution in [-0.4, -0.2) is 5.25 Å². The molecule has 0 fully saturated rings. The fraction of sp³-hybridized carbons (Fsp3) is 0.200. The van der Waals surface area contributed by atoms with Crippen molar-refractivity contribution < 1.29 is 0 Å². The minimum atomic E-state index is -0.426. The van der Waals surface area contributed by atoms with Crippen molar-refractivity contribution in [3.8, 4) is 24.7 Å². The number of terminal acetylenes is 2. The van der Waals surface area contributed by atoms with Crippen molar-refractivity contribution in [1.29, 1.82) is 0 Å². The van der Waals surface area contributed by atoms with E-state index in [2.05, 4.69) is 24.5 Å². The van der Waals surface area contributed by atoms with Crippen molar-refractivity contribution in [1.82, 2.24) is 0 Å². The molecule has 0 aliphatic carbocycles. The summed E-state index contributed by atoms with van der Waals surface area (Å²) >= 11 is 4.47. The minimum Gasteiger partial charge on any atom is -0.118 e. The molecule has 29 valence electrons. The van der Waals surface area contributed by atoms with Crippen LogP contribution in [0.15, 0.2) is 0 Å². The van der Waals surface area contributed by atoms with Gasteiger partial charge in [0.25, 0.3) is 0 Å². The lowest BCUT2D eigenvalue weighted by Gasteiger charge is -1.78. The molecule has 0 rings (SSSR count). The first kappa shape index (κ1) is 5.47. The van der Waals surface area contributed by atoms with Crippen molar-refractivity contribution in [3.05, 3.63) is 0 Å². The van der Waals surface area contributed by atoms with Crippen molar-refractivity contribution in [2.45, 2.75) is 5.25 Å². The number of hydrogen-bond donors (Lipinski definition) is 0. The summed E-state index contributed by atoms with van der Waals surface area (Å²) < 4.78 is 0. The zero-order valence-electron chi connectivity index (χ0n) is 3.14. The molecule has 0 N–H and O–H groups in total. The smallest absolute Gasteiger partial charge is 0.118 e. The normalized spacial score (nSPS) is 6.67. The predicted octanol–water partition coefficient (Wildman–Crippen LogP) is 0.819. The fourth-order valence-corrected chi connectivity index (χ4v) is 0.0481. The number of hydrogen-bond acceptors (Lipinski definition) is 0. The molecule has 0 nitrogen and oxygen atoms in total. The maximum absolute atomic E-state index is 4.79. The first-order valence-corrected chi connectivity index (χ1v) is 1.86. The summed E-state index contributed by atoms with van der Waals surface area (Å²) in [6.07, 6.45) is 9.57. The van der Waals surface area contributed by atoms with Crippen molar-refractivity contribution in [3.63, 3.8) is 0 Å². The molecular formula is C5H3S. The van der Waals surface area contributed by atoms with Gasteiger partial charge in [-0.15, -0.1) is 12.8 Å². The fourth-order valence-electron chi connectivity index (χ4n) is 0.0481.